The predicted molar refractivity (Wildman–Crippen MR) is 26.1 cm³/mol. The van der Waals surface area contributed by atoms with Gasteiger partial charge in [-0.15, -0.1) is 6.42 Å². The molecule has 0 aromatic heterocycles. The van der Waals surface area contributed by atoms with Gasteiger partial charge in [0, 0.05) is 5.57 Å². The van der Waals surface area contributed by atoms with E-state index in [1.54, 1.807) is 0 Å². The van der Waals surface area contributed by atoms with Crippen LogP contribution in [-0.2, 0) is 0 Å². The fourth-order valence-electron chi connectivity index (χ4n) is 0.289. The van der Waals surface area contributed by atoms with Gasteiger partial charge in [-0.25, -0.2) is 0 Å². The summed E-state index contributed by atoms with van der Waals surface area (Å²) < 4.78 is 0. The summed E-state index contributed by atoms with van der Waals surface area (Å²) in [5.74, 6) is 2.48. The summed E-state index contributed by atoms with van der Waals surface area (Å²) in [6.07, 6.45) is 10.7. The summed E-state index contributed by atoms with van der Waals surface area (Å²) in [7, 11) is 0. The largest absolute Gasteiger partial charge is 0.115 e. The second-order valence-electron chi connectivity index (χ2n) is 1.13. The van der Waals surface area contributed by atoms with Gasteiger partial charge in [-0.2, -0.15) is 0 Å². The Hall–Kier alpha value is -0.960. The molecule has 0 aromatic rings. The molecule has 0 spiro atoms. The Bertz CT molecular complexity index is 142. The lowest BCUT2D eigenvalue weighted by atomic mass is 10.1. The molecule has 6 heavy (non-hydrogen) atoms. The molecule has 0 atom stereocenters. The molecule has 0 bridgehead atoms. The van der Waals surface area contributed by atoms with Gasteiger partial charge in [0.25, 0.3) is 0 Å². The van der Waals surface area contributed by atoms with Crippen LogP contribution in [0.15, 0.2) is 23.8 Å². The Kier molecular flexibility index (Phi) is 0.552. The van der Waals surface area contributed by atoms with Crippen LogP contribution in [0.25, 0.3) is 0 Å². The smallest absolute Gasteiger partial charge is 0.0242 e. The van der Waals surface area contributed by atoms with Crippen molar-refractivity contribution < 1.29 is 0 Å². The predicted octanol–water partition coefficient (Wildman–Crippen LogP) is 1.12. The summed E-state index contributed by atoms with van der Waals surface area (Å²) in [6, 6.07) is 0. The molecule has 0 aromatic carbocycles. The van der Waals surface area contributed by atoms with Crippen molar-refractivity contribution in [2.24, 2.45) is 0 Å². The summed E-state index contributed by atoms with van der Waals surface area (Å²) in [6.45, 7) is 0. The van der Waals surface area contributed by atoms with E-state index in [0.717, 1.165) is 5.57 Å². The quantitative estimate of drug-likeness (QED) is 0.379. The van der Waals surface area contributed by atoms with Crippen LogP contribution >= 0.6 is 0 Å². The molecule has 0 amide bonds. The molecule has 0 radical (unpaired) electrons. The molecule has 28 valence electrons. The normalized spacial score (nSPS) is 14.8. The monoisotopic (exact) mass is 76.0 g/mol. The van der Waals surface area contributed by atoms with Crippen molar-refractivity contribution in [3.63, 3.8) is 0 Å². The van der Waals surface area contributed by atoms with Crippen molar-refractivity contribution in [1.29, 1.82) is 0 Å². The second kappa shape index (κ2) is 1.02. The number of hydrogen-bond acceptors (Lipinski definition) is 0. The summed E-state index contributed by atoms with van der Waals surface area (Å²) in [5.41, 5.74) is 0.995. The molecule has 0 heterocycles. The lowest BCUT2D eigenvalue weighted by molar-refractivity contribution is 1.66. The highest BCUT2D eigenvalue weighted by Gasteiger charge is 1.86. The Morgan fingerprint density at radius 3 is 2.33 bits per heavy atom. The van der Waals surface area contributed by atoms with Gasteiger partial charge in [0.2, 0.25) is 0 Å². The van der Waals surface area contributed by atoms with Crippen molar-refractivity contribution >= 4 is 0 Å². The Morgan fingerprint density at radius 1 is 1.67 bits per heavy atom. The zero-order valence-electron chi connectivity index (χ0n) is 3.31. The number of rotatable bonds is 0. The minimum absolute atomic E-state index is 0.995. The van der Waals surface area contributed by atoms with Crippen LogP contribution < -0.4 is 0 Å². The topological polar surface area (TPSA) is 0 Å². The van der Waals surface area contributed by atoms with Crippen molar-refractivity contribution in [3.8, 4) is 12.3 Å². The minimum Gasteiger partial charge on any atom is -0.115 e. The molecule has 0 nitrogen and oxygen atoms in total. The van der Waals surface area contributed by atoms with Crippen LogP contribution in [0.3, 0.4) is 0 Å². The van der Waals surface area contributed by atoms with Gasteiger partial charge < -0.3 is 0 Å². The lowest BCUT2D eigenvalue weighted by Crippen LogP contribution is -1.75. The molecule has 0 saturated carbocycles. The second-order valence-corrected chi connectivity index (χ2v) is 1.13. The third kappa shape index (κ3) is 0.255. The minimum atomic E-state index is 0.995. The average molecular weight is 76.1 g/mol. The van der Waals surface area contributed by atoms with Crippen molar-refractivity contribution in [2.45, 2.75) is 0 Å². The highest BCUT2D eigenvalue weighted by Crippen LogP contribution is 2.03. The first-order chi connectivity index (χ1) is 2.93. The summed E-state index contributed by atoms with van der Waals surface area (Å²) in [5, 5.41) is 0. The van der Waals surface area contributed by atoms with Crippen LogP contribution in [0.4, 0.5) is 0 Å². The lowest BCUT2D eigenvalue weighted by Gasteiger charge is -1.92. The summed E-state index contributed by atoms with van der Waals surface area (Å²) in [4.78, 5) is 0. The first kappa shape index (κ1) is 3.24. The molecule has 0 saturated heterocycles. The van der Waals surface area contributed by atoms with E-state index in [0.29, 0.717) is 0 Å². The molecule has 1 rings (SSSR count). The zero-order chi connectivity index (χ0) is 4.41. The van der Waals surface area contributed by atoms with E-state index in [-0.39, 0.29) is 0 Å². The fraction of sp³-hybridized carbons (Fsp3) is 0. The van der Waals surface area contributed by atoms with Gasteiger partial charge in [-0.05, 0) is 12.2 Å². The highest BCUT2D eigenvalue weighted by molar-refractivity contribution is 5.46. The zero-order valence-corrected chi connectivity index (χ0v) is 3.31. The van der Waals surface area contributed by atoms with Gasteiger partial charge in [-0.1, -0.05) is 12.0 Å². The first-order valence-electron chi connectivity index (χ1n) is 1.78. The Labute approximate surface area is 37.2 Å². The average Bonchev–Trinajstić information content (AvgIpc) is 1.31. The molecule has 0 heteroatoms. The Morgan fingerprint density at radius 2 is 2.33 bits per heavy atom. The van der Waals surface area contributed by atoms with E-state index in [1.807, 2.05) is 18.2 Å². The number of hydrogen-bond donors (Lipinski definition) is 0. The maximum absolute atomic E-state index is 4.96. The Balaban J connectivity index is 2.65. The molecule has 0 fully saturated rings. The maximum Gasteiger partial charge on any atom is 0.0242 e. The van der Waals surface area contributed by atoms with Crippen molar-refractivity contribution in [1.82, 2.24) is 0 Å². The number of terminal acetylenes is 1. The molecule has 0 unspecified atom stereocenters. The van der Waals surface area contributed by atoms with Gasteiger partial charge in [0.1, 0.15) is 0 Å². The van der Waals surface area contributed by atoms with Crippen LogP contribution in [0, 0.1) is 12.3 Å². The van der Waals surface area contributed by atoms with Crippen LogP contribution in [0.2, 0.25) is 0 Å². The van der Waals surface area contributed by atoms with Gasteiger partial charge in [0.15, 0.2) is 0 Å². The third-order valence-corrected chi connectivity index (χ3v) is 0.718. The maximum atomic E-state index is 4.96. The van der Waals surface area contributed by atoms with E-state index in [4.69, 9.17) is 6.42 Å². The summed E-state index contributed by atoms with van der Waals surface area (Å²) >= 11 is 0. The standard InChI is InChI=1S/C6H4/c1-2-6-4-3-5-6/h1,3-5H. The van der Waals surface area contributed by atoms with E-state index in [9.17, 15) is 0 Å². The van der Waals surface area contributed by atoms with E-state index in [2.05, 4.69) is 5.92 Å². The van der Waals surface area contributed by atoms with Gasteiger partial charge in [-0.3, -0.25) is 0 Å². The van der Waals surface area contributed by atoms with Gasteiger partial charge in [0.05, 0.1) is 0 Å². The molecule has 1 aliphatic carbocycles. The SMILES string of the molecule is C#CC1=CC=C1. The van der Waals surface area contributed by atoms with Crippen LogP contribution in [-0.4, -0.2) is 0 Å². The first-order valence-corrected chi connectivity index (χ1v) is 1.78. The third-order valence-electron chi connectivity index (χ3n) is 0.718. The fourth-order valence-corrected chi connectivity index (χ4v) is 0.289. The number of allylic oxidation sites excluding steroid dienone is 4. The molecule has 0 N–H and O–H groups in total. The van der Waals surface area contributed by atoms with E-state index in [1.165, 1.54) is 0 Å². The van der Waals surface area contributed by atoms with E-state index < -0.39 is 0 Å². The van der Waals surface area contributed by atoms with Crippen molar-refractivity contribution in [3.05, 3.63) is 23.8 Å². The van der Waals surface area contributed by atoms with Crippen LogP contribution in [0.5, 0.6) is 0 Å². The molecule has 0 aliphatic heterocycles. The van der Waals surface area contributed by atoms with E-state index >= 15 is 0 Å². The molecular weight excluding hydrogens is 72.1 g/mol. The van der Waals surface area contributed by atoms with Crippen LogP contribution in [0.1, 0.15) is 0 Å². The molecule has 1 aliphatic rings. The van der Waals surface area contributed by atoms with Crippen molar-refractivity contribution in [2.75, 3.05) is 0 Å². The molecular formula is C6H4. The highest BCUT2D eigenvalue weighted by atomic mass is 13.9. The van der Waals surface area contributed by atoms with Gasteiger partial charge >= 0.3 is 0 Å².